The van der Waals surface area contributed by atoms with Gasteiger partial charge in [-0.25, -0.2) is 4.98 Å². The van der Waals surface area contributed by atoms with Crippen LogP contribution >= 0.6 is 0 Å². The second kappa shape index (κ2) is 7.79. The standard InChI is InChI=1S/C23H20N4O3/c1-3-14-12-15(9-10-19(14)28)22(29)26-18-8-4-7-17-20(18)23(30)27(2)21(25-17)16-6-5-11-24-13-16/h4-13,28H,3H2,1-2H3,(H,26,29). The summed E-state index contributed by atoms with van der Waals surface area (Å²) < 4.78 is 1.45. The summed E-state index contributed by atoms with van der Waals surface area (Å²) in [7, 11) is 1.64. The molecule has 0 spiro atoms. The first-order valence-corrected chi connectivity index (χ1v) is 9.53. The molecule has 2 aromatic heterocycles. The molecule has 0 saturated heterocycles. The number of hydrogen-bond donors (Lipinski definition) is 2. The van der Waals surface area contributed by atoms with E-state index in [0.717, 1.165) is 5.56 Å². The van der Waals surface area contributed by atoms with Crippen molar-refractivity contribution in [1.29, 1.82) is 0 Å². The van der Waals surface area contributed by atoms with E-state index < -0.39 is 0 Å². The van der Waals surface area contributed by atoms with Crippen molar-refractivity contribution in [3.05, 3.63) is 82.4 Å². The molecule has 0 aliphatic rings. The molecule has 30 heavy (non-hydrogen) atoms. The van der Waals surface area contributed by atoms with Crippen LogP contribution in [0.2, 0.25) is 0 Å². The number of nitrogens with zero attached hydrogens (tertiary/aromatic N) is 3. The molecular weight excluding hydrogens is 380 g/mol. The lowest BCUT2D eigenvalue weighted by Gasteiger charge is -2.13. The van der Waals surface area contributed by atoms with Gasteiger partial charge in [0.05, 0.1) is 16.6 Å². The third-order valence-corrected chi connectivity index (χ3v) is 5.00. The van der Waals surface area contributed by atoms with Gasteiger partial charge in [0.25, 0.3) is 11.5 Å². The minimum atomic E-state index is -0.365. The Balaban J connectivity index is 1.78. The van der Waals surface area contributed by atoms with Gasteiger partial charge in [0.15, 0.2) is 0 Å². The number of aryl methyl sites for hydroxylation is 1. The third-order valence-electron chi connectivity index (χ3n) is 5.00. The minimum absolute atomic E-state index is 0.153. The van der Waals surface area contributed by atoms with Crippen molar-refractivity contribution < 1.29 is 9.90 Å². The monoisotopic (exact) mass is 400 g/mol. The molecule has 7 nitrogen and oxygen atoms in total. The second-order valence-corrected chi connectivity index (χ2v) is 6.89. The summed E-state index contributed by atoms with van der Waals surface area (Å²) in [5, 5.41) is 13.0. The molecule has 0 fully saturated rings. The van der Waals surface area contributed by atoms with E-state index in [0.29, 0.717) is 40.0 Å². The first kappa shape index (κ1) is 19.3. The van der Waals surface area contributed by atoms with Crippen molar-refractivity contribution in [3.63, 3.8) is 0 Å². The lowest BCUT2D eigenvalue weighted by Crippen LogP contribution is -2.22. The highest BCUT2D eigenvalue weighted by Crippen LogP contribution is 2.24. The molecule has 0 saturated carbocycles. The van der Waals surface area contributed by atoms with Crippen LogP contribution in [-0.2, 0) is 13.5 Å². The molecule has 1 amide bonds. The molecule has 0 unspecified atom stereocenters. The van der Waals surface area contributed by atoms with Crippen LogP contribution in [-0.4, -0.2) is 25.5 Å². The van der Waals surface area contributed by atoms with Gasteiger partial charge < -0.3 is 10.4 Å². The topological polar surface area (TPSA) is 97.1 Å². The van der Waals surface area contributed by atoms with Gasteiger partial charge in [-0.15, -0.1) is 0 Å². The van der Waals surface area contributed by atoms with Crippen molar-refractivity contribution in [2.75, 3.05) is 5.32 Å². The fourth-order valence-electron chi connectivity index (χ4n) is 3.37. The lowest BCUT2D eigenvalue weighted by molar-refractivity contribution is 0.102. The maximum atomic E-state index is 13.1. The number of fused-ring (bicyclic) bond motifs is 1. The van der Waals surface area contributed by atoms with E-state index >= 15 is 0 Å². The maximum Gasteiger partial charge on any atom is 0.263 e. The number of aromatic hydroxyl groups is 1. The van der Waals surface area contributed by atoms with Gasteiger partial charge in [-0.3, -0.25) is 19.1 Å². The quantitative estimate of drug-likeness (QED) is 0.546. The highest BCUT2D eigenvalue weighted by Gasteiger charge is 2.16. The van der Waals surface area contributed by atoms with Crippen molar-refractivity contribution in [3.8, 4) is 17.1 Å². The summed E-state index contributed by atoms with van der Waals surface area (Å²) >= 11 is 0. The Labute approximate surface area is 172 Å². The van der Waals surface area contributed by atoms with E-state index in [-0.39, 0.29) is 17.2 Å². The number of hydrogen-bond acceptors (Lipinski definition) is 5. The van der Waals surface area contributed by atoms with Crippen molar-refractivity contribution in [2.45, 2.75) is 13.3 Å². The molecule has 4 rings (SSSR count). The summed E-state index contributed by atoms with van der Waals surface area (Å²) in [5.74, 6) is 0.283. The Morgan fingerprint density at radius 3 is 2.73 bits per heavy atom. The van der Waals surface area contributed by atoms with Crippen LogP contribution in [0.3, 0.4) is 0 Å². The van der Waals surface area contributed by atoms with E-state index in [1.54, 1.807) is 55.8 Å². The van der Waals surface area contributed by atoms with E-state index in [4.69, 9.17) is 0 Å². The Morgan fingerprint density at radius 2 is 2.00 bits per heavy atom. The summed E-state index contributed by atoms with van der Waals surface area (Å²) in [6.07, 6.45) is 3.90. The highest BCUT2D eigenvalue weighted by atomic mass is 16.3. The molecule has 0 radical (unpaired) electrons. The Bertz CT molecular complexity index is 1310. The van der Waals surface area contributed by atoms with Crippen LogP contribution in [0.25, 0.3) is 22.3 Å². The number of nitrogens with one attached hydrogen (secondary N) is 1. The third kappa shape index (κ3) is 3.41. The Morgan fingerprint density at radius 1 is 1.17 bits per heavy atom. The van der Waals surface area contributed by atoms with Crippen molar-refractivity contribution >= 4 is 22.5 Å². The van der Waals surface area contributed by atoms with Gasteiger partial charge in [0.1, 0.15) is 11.6 Å². The fourth-order valence-corrected chi connectivity index (χ4v) is 3.37. The zero-order chi connectivity index (χ0) is 21.3. The molecule has 7 heteroatoms. The molecule has 2 aromatic carbocycles. The lowest BCUT2D eigenvalue weighted by atomic mass is 10.1. The molecule has 4 aromatic rings. The Hall–Kier alpha value is -4.00. The number of pyridine rings is 1. The normalized spacial score (nSPS) is 10.9. The number of phenols is 1. The van der Waals surface area contributed by atoms with E-state index in [9.17, 15) is 14.7 Å². The summed E-state index contributed by atoms with van der Waals surface area (Å²) in [4.78, 5) is 34.6. The van der Waals surface area contributed by atoms with Crippen LogP contribution in [0.5, 0.6) is 5.75 Å². The molecule has 0 bridgehead atoms. The number of rotatable bonds is 4. The number of aromatic nitrogens is 3. The number of carbonyl (C=O) groups excluding carboxylic acids is 1. The zero-order valence-corrected chi connectivity index (χ0v) is 16.6. The number of phenolic OH excluding ortho intramolecular Hbond substituents is 1. The molecular formula is C23H20N4O3. The number of carbonyl (C=O) groups is 1. The summed E-state index contributed by atoms with van der Waals surface area (Å²) in [5.41, 5.74) is 2.40. The van der Waals surface area contributed by atoms with Gasteiger partial charge in [-0.05, 0) is 54.4 Å². The maximum absolute atomic E-state index is 13.1. The first-order valence-electron chi connectivity index (χ1n) is 9.53. The number of benzene rings is 2. The van der Waals surface area contributed by atoms with Gasteiger partial charge >= 0.3 is 0 Å². The van der Waals surface area contributed by atoms with Crippen LogP contribution in [0.15, 0.2) is 65.7 Å². The van der Waals surface area contributed by atoms with Gasteiger partial charge in [0.2, 0.25) is 0 Å². The fraction of sp³-hybridized carbons (Fsp3) is 0.130. The van der Waals surface area contributed by atoms with E-state index in [2.05, 4.69) is 15.3 Å². The summed E-state index contributed by atoms with van der Waals surface area (Å²) in [6.45, 7) is 1.90. The van der Waals surface area contributed by atoms with Gasteiger partial charge in [0, 0.05) is 30.6 Å². The minimum Gasteiger partial charge on any atom is -0.508 e. The van der Waals surface area contributed by atoms with Crippen LogP contribution < -0.4 is 10.9 Å². The van der Waals surface area contributed by atoms with Gasteiger partial charge in [-0.2, -0.15) is 0 Å². The predicted molar refractivity (Wildman–Crippen MR) is 116 cm³/mol. The molecule has 0 aliphatic heterocycles. The van der Waals surface area contributed by atoms with E-state index in [1.807, 2.05) is 13.0 Å². The SMILES string of the molecule is CCc1cc(C(=O)Nc2cccc3nc(-c4cccnc4)n(C)c(=O)c23)ccc1O. The Kier molecular flexibility index (Phi) is 5.02. The average Bonchev–Trinajstić information content (AvgIpc) is 2.77. The van der Waals surface area contributed by atoms with Crippen LogP contribution in [0.4, 0.5) is 5.69 Å². The van der Waals surface area contributed by atoms with Crippen molar-refractivity contribution in [2.24, 2.45) is 7.05 Å². The van der Waals surface area contributed by atoms with E-state index in [1.165, 1.54) is 10.6 Å². The van der Waals surface area contributed by atoms with Gasteiger partial charge in [-0.1, -0.05) is 13.0 Å². The number of amides is 1. The first-order chi connectivity index (χ1) is 14.5. The van der Waals surface area contributed by atoms with Crippen LogP contribution in [0, 0.1) is 0 Å². The smallest absolute Gasteiger partial charge is 0.263 e. The predicted octanol–water partition coefficient (Wildman–Crippen LogP) is 3.52. The zero-order valence-electron chi connectivity index (χ0n) is 16.6. The highest BCUT2D eigenvalue weighted by molar-refractivity contribution is 6.08. The molecule has 2 heterocycles. The second-order valence-electron chi connectivity index (χ2n) is 6.89. The number of anilines is 1. The van der Waals surface area contributed by atoms with Crippen molar-refractivity contribution in [1.82, 2.24) is 14.5 Å². The molecule has 2 N–H and O–H groups in total. The van der Waals surface area contributed by atoms with Crippen LogP contribution in [0.1, 0.15) is 22.8 Å². The molecule has 150 valence electrons. The average molecular weight is 400 g/mol. The summed E-state index contributed by atoms with van der Waals surface area (Å²) in [6, 6.07) is 13.5. The molecule has 0 atom stereocenters. The molecule has 0 aliphatic carbocycles. The largest absolute Gasteiger partial charge is 0.508 e.